The van der Waals surface area contributed by atoms with Crippen LogP contribution in [0.15, 0.2) is 12.4 Å². The minimum Gasteiger partial charge on any atom is -0.353 e. The van der Waals surface area contributed by atoms with Gasteiger partial charge in [-0.15, -0.1) is 0 Å². The van der Waals surface area contributed by atoms with Crippen molar-refractivity contribution in [2.75, 3.05) is 18.9 Å². The quantitative estimate of drug-likeness (QED) is 0.870. The predicted molar refractivity (Wildman–Crippen MR) is 71.3 cm³/mol. The fourth-order valence-corrected chi connectivity index (χ4v) is 2.47. The average molecular weight is 236 g/mol. The molecular weight excluding hydrogens is 212 g/mol. The summed E-state index contributed by atoms with van der Waals surface area (Å²) in [5.74, 6) is 1.04. The molecule has 96 valence electrons. The molecule has 2 unspecified atom stereocenters. The standard InChI is InChI=1S/C13H24N4/c1-4-7-17-9-6-14-13(17)15-12-5-8-16(3)11(2)10-12/h6,9,11-12H,4-5,7-8,10H2,1-3H3,(H,14,15). The maximum atomic E-state index is 4.41. The minimum atomic E-state index is 0.569. The van der Waals surface area contributed by atoms with Crippen LogP contribution >= 0.6 is 0 Å². The number of nitrogens with zero attached hydrogens (tertiary/aromatic N) is 3. The molecule has 0 bridgehead atoms. The van der Waals surface area contributed by atoms with E-state index >= 15 is 0 Å². The van der Waals surface area contributed by atoms with Crippen molar-refractivity contribution in [3.05, 3.63) is 12.4 Å². The molecule has 0 aliphatic carbocycles. The van der Waals surface area contributed by atoms with Crippen molar-refractivity contribution in [1.29, 1.82) is 0 Å². The highest BCUT2D eigenvalue weighted by Crippen LogP contribution is 2.19. The number of piperidine rings is 1. The van der Waals surface area contributed by atoms with Gasteiger partial charge in [0, 0.05) is 37.6 Å². The average Bonchev–Trinajstić information content (AvgIpc) is 2.72. The summed E-state index contributed by atoms with van der Waals surface area (Å²) in [7, 11) is 2.21. The van der Waals surface area contributed by atoms with Crippen LogP contribution < -0.4 is 5.32 Å². The minimum absolute atomic E-state index is 0.569. The molecule has 4 nitrogen and oxygen atoms in total. The van der Waals surface area contributed by atoms with Crippen LogP contribution in [0.25, 0.3) is 0 Å². The molecule has 1 aliphatic rings. The van der Waals surface area contributed by atoms with E-state index in [4.69, 9.17) is 0 Å². The van der Waals surface area contributed by atoms with Gasteiger partial charge in [0.15, 0.2) is 0 Å². The highest BCUT2D eigenvalue weighted by Gasteiger charge is 2.23. The van der Waals surface area contributed by atoms with Crippen LogP contribution in [0.1, 0.15) is 33.1 Å². The number of aromatic nitrogens is 2. The molecule has 17 heavy (non-hydrogen) atoms. The molecule has 2 atom stereocenters. The first-order valence-corrected chi connectivity index (χ1v) is 6.68. The zero-order valence-corrected chi connectivity index (χ0v) is 11.2. The van der Waals surface area contributed by atoms with Crippen LogP contribution in [0.5, 0.6) is 0 Å². The highest BCUT2D eigenvalue weighted by atomic mass is 15.2. The Morgan fingerprint density at radius 3 is 3.06 bits per heavy atom. The Morgan fingerprint density at radius 2 is 2.35 bits per heavy atom. The normalized spacial score (nSPS) is 26.1. The van der Waals surface area contributed by atoms with Crippen LogP contribution in [-0.2, 0) is 6.54 Å². The Bertz CT molecular complexity index is 347. The van der Waals surface area contributed by atoms with E-state index in [2.05, 4.69) is 46.9 Å². The van der Waals surface area contributed by atoms with E-state index in [1.54, 1.807) is 0 Å². The van der Waals surface area contributed by atoms with Gasteiger partial charge < -0.3 is 14.8 Å². The molecule has 0 radical (unpaired) electrons. The van der Waals surface area contributed by atoms with E-state index in [-0.39, 0.29) is 0 Å². The third-order valence-electron chi connectivity index (χ3n) is 3.72. The summed E-state index contributed by atoms with van der Waals surface area (Å²) in [6.07, 6.45) is 7.50. The number of imidazole rings is 1. The van der Waals surface area contributed by atoms with Crippen molar-refractivity contribution >= 4 is 5.95 Å². The van der Waals surface area contributed by atoms with Crippen LogP contribution in [0, 0.1) is 0 Å². The Labute approximate surface area is 104 Å². The summed E-state index contributed by atoms with van der Waals surface area (Å²) in [5.41, 5.74) is 0. The van der Waals surface area contributed by atoms with E-state index in [9.17, 15) is 0 Å². The summed E-state index contributed by atoms with van der Waals surface area (Å²) in [4.78, 5) is 6.84. The molecule has 1 saturated heterocycles. The molecule has 0 aromatic carbocycles. The number of hydrogen-bond acceptors (Lipinski definition) is 3. The second kappa shape index (κ2) is 5.54. The summed E-state index contributed by atoms with van der Waals surface area (Å²) in [5, 5.41) is 3.59. The fourth-order valence-electron chi connectivity index (χ4n) is 2.47. The summed E-state index contributed by atoms with van der Waals surface area (Å²) in [6, 6.07) is 1.23. The number of nitrogens with one attached hydrogen (secondary N) is 1. The van der Waals surface area contributed by atoms with Gasteiger partial charge >= 0.3 is 0 Å². The van der Waals surface area contributed by atoms with Crippen molar-refractivity contribution in [3.8, 4) is 0 Å². The smallest absolute Gasteiger partial charge is 0.202 e. The molecule has 1 aliphatic heterocycles. The summed E-state index contributed by atoms with van der Waals surface area (Å²) >= 11 is 0. The molecule has 0 saturated carbocycles. The van der Waals surface area contributed by atoms with Gasteiger partial charge in [0.2, 0.25) is 5.95 Å². The topological polar surface area (TPSA) is 33.1 Å². The lowest BCUT2D eigenvalue weighted by Gasteiger charge is -2.35. The molecule has 4 heteroatoms. The number of aryl methyl sites for hydroxylation is 1. The largest absolute Gasteiger partial charge is 0.353 e. The summed E-state index contributed by atoms with van der Waals surface area (Å²) < 4.78 is 2.21. The molecule has 1 aromatic rings. The zero-order chi connectivity index (χ0) is 12.3. The van der Waals surface area contributed by atoms with Gasteiger partial charge in [-0.25, -0.2) is 4.98 Å². The van der Waals surface area contributed by atoms with Crippen LogP contribution in [0.3, 0.4) is 0 Å². The number of hydrogen-bond donors (Lipinski definition) is 1. The first kappa shape index (κ1) is 12.4. The Morgan fingerprint density at radius 1 is 1.53 bits per heavy atom. The molecule has 2 rings (SSSR count). The van der Waals surface area contributed by atoms with E-state index in [0.29, 0.717) is 12.1 Å². The maximum absolute atomic E-state index is 4.41. The van der Waals surface area contributed by atoms with Gasteiger partial charge in [0.05, 0.1) is 0 Å². The van der Waals surface area contributed by atoms with Gasteiger partial charge in [-0.05, 0) is 33.2 Å². The van der Waals surface area contributed by atoms with Crippen molar-refractivity contribution in [1.82, 2.24) is 14.5 Å². The Kier molecular flexibility index (Phi) is 4.05. The molecule has 0 spiro atoms. The lowest BCUT2D eigenvalue weighted by molar-refractivity contribution is 0.189. The third kappa shape index (κ3) is 3.00. The van der Waals surface area contributed by atoms with Crippen molar-refractivity contribution < 1.29 is 0 Å². The number of rotatable bonds is 4. The molecule has 1 fully saturated rings. The molecule has 2 heterocycles. The second-order valence-corrected chi connectivity index (χ2v) is 5.14. The molecular formula is C13H24N4. The predicted octanol–water partition coefficient (Wildman–Crippen LogP) is 2.19. The van der Waals surface area contributed by atoms with Gasteiger partial charge in [-0.2, -0.15) is 0 Å². The first-order chi connectivity index (χ1) is 8.20. The monoisotopic (exact) mass is 236 g/mol. The Balaban J connectivity index is 1.94. The lowest BCUT2D eigenvalue weighted by atomic mass is 9.99. The van der Waals surface area contributed by atoms with Gasteiger partial charge in [-0.3, -0.25) is 0 Å². The van der Waals surface area contributed by atoms with E-state index < -0.39 is 0 Å². The van der Waals surface area contributed by atoms with Crippen molar-refractivity contribution in [2.45, 2.75) is 51.7 Å². The van der Waals surface area contributed by atoms with Gasteiger partial charge in [0.25, 0.3) is 0 Å². The van der Waals surface area contributed by atoms with Crippen molar-refractivity contribution in [2.24, 2.45) is 0 Å². The van der Waals surface area contributed by atoms with E-state index in [0.717, 1.165) is 18.9 Å². The zero-order valence-electron chi connectivity index (χ0n) is 11.2. The molecule has 0 amide bonds. The number of anilines is 1. The third-order valence-corrected chi connectivity index (χ3v) is 3.72. The van der Waals surface area contributed by atoms with E-state index in [1.807, 2.05) is 6.20 Å². The molecule has 1 N–H and O–H groups in total. The highest BCUT2D eigenvalue weighted by molar-refractivity contribution is 5.28. The van der Waals surface area contributed by atoms with E-state index in [1.165, 1.54) is 19.4 Å². The first-order valence-electron chi connectivity index (χ1n) is 6.68. The SMILES string of the molecule is CCCn1ccnc1NC1CCN(C)C(C)C1. The lowest BCUT2D eigenvalue weighted by Crippen LogP contribution is -2.43. The fraction of sp³-hybridized carbons (Fsp3) is 0.769. The van der Waals surface area contributed by atoms with Gasteiger partial charge in [0.1, 0.15) is 0 Å². The molecule has 1 aromatic heterocycles. The Hall–Kier alpha value is -1.03. The van der Waals surface area contributed by atoms with Crippen LogP contribution in [0.2, 0.25) is 0 Å². The van der Waals surface area contributed by atoms with Gasteiger partial charge in [-0.1, -0.05) is 6.92 Å². The second-order valence-electron chi connectivity index (χ2n) is 5.14. The van der Waals surface area contributed by atoms with Crippen molar-refractivity contribution in [3.63, 3.8) is 0 Å². The summed E-state index contributed by atoms with van der Waals surface area (Å²) in [6.45, 7) is 6.71. The number of likely N-dealkylation sites (tertiary alicyclic amines) is 1. The van der Waals surface area contributed by atoms with Crippen LogP contribution in [0.4, 0.5) is 5.95 Å². The van der Waals surface area contributed by atoms with Crippen LogP contribution in [-0.4, -0.2) is 40.1 Å². The maximum Gasteiger partial charge on any atom is 0.202 e.